The van der Waals surface area contributed by atoms with Crippen LogP contribution in [0.25, 0.3) is 0 Å². The molecule has 2 rings (SSSR count). The molecule has 5 nitrogen and oxygen atoms in total. The smallest absolute Gasteiger partial charge is 0.311 e. The van der Waals surface area contributed by atoms with Crippen LogP contribution in [0.5, 0.6) is 5.75 Å². The average molecular weight is 363 g/mol. The second kappa shape index (κ2) is 6.01. The van der Waals surface area contributed by atoms with Gasteiger partial charge in [-0.2, -0.15) is 0 Å². The number of nitrogens with zero attached hydrogens (tertiary/aromatic N) is 1. The predicted molar refractivity (Wildman–Crippen MR) is 78.2 cm³/mol. The molecule has 0 spiro atoms. The number of anilines is 1. The van der Waals surface area contributed by atoms with Gasteiger partial charge in [-0.15, -0.1) is 0 Å². The molecule has 0 radical (unpaired) electrons. The normalized spacial score (nSPS) is 18.3. The van der Waals surface area contributed by atoms with E-state index in [9.17, 15) is 9.59 Å². The molecule has 1 aromatic carbocycles. The number of carbonyl (C=O) groups is 2. The van der Waals surface area contributed by atoms with Gasteiger partial charge >= 0.3 is 5.97 Å². The van der Waals surface area contributed by atoms with Gasteiger partial charge in [-0.25, -0.2) is 0 Å². The summed E-state index contributed by atoms with van der Waals surface area (Å²) in [4.78, 5) is 25.2. The van der Waals surface area contributed by atoms with Gasteiger partial charge in [0.15, 0.2) is 5.75 Å². The number of benzene rings is 1. The molecule has 1 aromatic rings. The van der Waals surface area contributed by atoms with Crippen molar-refractivity contribution in [2.45, 2.75) is 6.42 Å². The molecular formula is C13H13BrClNO4. The fourth-order valence-electron chi connectivity index (χ4n) is 2.21. The first-order chi connectivity index (χ1) is 9.47. The third-order valence-electron chi connectivity index (χ3n) is 3.14. The number of hydrogen-bond donors (Lipinski definition) is 0. The zero-order valence-corrected chi connectivity index (χ0v) is 13.3. The molecule has 7 heteroatoms. The zero-order valence-electron chi connectivity index (χ0n) is 11.0. The average Bonchev–Trinajstić information content (AvgIpc) is 2.79. The Labute approximate surface area is 129 Å². The van der Waals surface area contributed by atoms with E-state index in [0.29, 0.717) is 20.9 Å². The highest BCUT2D eigenvalue weighted by Crippen LogP contribution is 2.40. The quantitative estimate of drug-likeness (QED) is 0.776. The van der Waals surface area contributed by atoms with E-state index in [4.69, 9.17) is 16.3 Å². The summed E-state index contributed by atoms with van der Waals surface area (Å²) in [6.45, 7) is 0.259. The Morgan fingerprint density at radius 1 is 1.45 bits per heavy atom. The van der Waals surface area contributed by atoms with Crippen LogP contribution in [-0.2, 0) is 14.3 Å². The second-order valence-corrected chi connectivity index (χ2v) is 5.66. The molecular weight excluding hydrogens is 350 g/mol. The van der Waals surface area contributed by atoms with Crippen molar-refractivity contribution >= 4 is 45.1 Å². The maximum absolute atomic E-state index is 12.1. The van der Waals surface area contributed by atoms with Crippen molar-refractivity contribution in [1.82, 2.24) is 0 Å². The molecule has 1 atom stereocenters. The van der Waals surface area contributed by atoms with Gasteiger partial charge in [0.05, 0.1) is 30.3 Å². The van der Waals surface area contributed by atoms with Gasteiger partial charge in [0, 0.05) is 18.0 Å². The number of halogens is 2. The van der Waals surface area contributed by atoms with Crippen molar-refractivity contribution in [3.63, 3.8) is 0 Å². The van der Waals surface area contributed by atoms with Crippen molar-refractivity contribution in [3.8, 4) is 5.75 Å². The third-order valence-corrected chi connectivity index (χ3v) is 3.95. The molecule has 1 unspecified atom stereocenters. The number of carbonyl (C=O) groups excluding carboxylic acids is 2. The molecule has 0 saturated carbocycles. The summed E-state index contributed by atoms with van der Waals surface area (Å²) in [6.07, 6.45) is 0.125. The van der Waals surface area contributed by atoms with E-state index in [2.05, 4.69) is 20.7 Å². The molecule has 1 saturated heterocycles. The van der Waals surface area contributed by atoms with Crippen molar-refractivity contribution in [1.29, 1.82) is 0 Å². The highest BCUT2D eigenvalue weighted by atomic mass is 79.9. The fraction of sp³-hybridized carbons (Fsp3) is 0.385. The molecule has 1 amide bonds. The predicted octanol–water partition coefficient (Wildman–Crippen LogP) is 2.64. The largest absolute Gasteiger partial charge is 0.493 e. The first-order valence-electron chi connectivity index (χ1n) is 5.89. The molecule has 108 valence electrons. The van der Waals surface area contributed by atoms with E-state index in [0.717, 1.165) is 0 Å². The van der Waals surface area contributed by atoms with Crippen LogP contribution in [0.1, 0.15) is 6.42 Å². The third kappa shape index (κ3) is 2.76. The molecule has 1 fully saturated rings. The van der Waals surface area contributed by atoms with Crippen molar-refractivity contribution in [3.05, 3.63) is 21.6 Å². The summed E-state index contributed by atoms with van der Waals surface area (Å²) >= 11 is 9.36. The summed E-state index contributed by atoms with van der Waals surface area (Å²) in [5, 5.41) is 0.474. The van der Waals surface area contributed by atoms with Crippen LogP contribution in [0.15, 0.2) is 16.6 Å². The minimum absolute atomic E-state index is 0.125. The Morgan fingerprint density at radius 2 is 2.15 bits per heavy atom. The van der Waals surface area contributed by atoms with Crippen LogP contribution in [0, 0.1) is 5.92 Å². The van der Waals surface area contributed by atoms with Gasteiger partial charge in [-0.3, -0.25) is 9.59 Å². The monoisotopic (exact) mass is 361 g/mol. The Hall–Kier alpha value is -1.27. The summed E-state index contributed by atoms with van der Waals surface area (Å²) in [5.74, 6) is -0.503. The highest BCUT2D eigenvalue weighted by molar-refractivity contribution is 9.10. The van der Waals surface area contributed by atoms with E-state index in [-0.39, 0.29) is 24.8 Å². The Balaban J connectivity index is 2.37. The molecule has 1 aliphatic rings. The Bertz CT molecular complexity index is 564. The fourth-order valence-corrected chi connectivity index (χ4v) is 3.17. The lowest BCUT2D eigenvalue weighted by Crippen LogP contribution is -2.26. The van der Waals surface area contributed by atoms with E-state index in [1.807, 2.05) is 0 Å². The molecule has 0 N–H and O–H groups in total. The molecule has 1 heterocycles. The van der Waals surface area contributed by atoms with Gasteiger partial charge in [-0.05, 0) is 28.1 Å². The van der Waals surface area contributed by atoms with Crippen molar-refractivity contribution < 1.29 is 19.1 Å². The molecule has 1 aliphatic heterocycles. The first kappa shape index (κ1) is 15.1. The Kier molecular flexibility index (Phi) is 4.55. The zero-order chi connectivity index (χ0) is 14.9. The minimum Gasteiger partial charge on any atom is -0.493 e. The van der Waals surface area contributed by atoms with Crippen LogP contribution in [0.4, 0.5) is 5.69 Å². The van der Waals surface area contributed by atoms with E-state index < -0.39 is 5.92 Å². The van der Waals surface area contributed by atoms with Crippen molar-refractivity contribution in [2.75, 3.05) is 25.7 Å². The van der Waals surface area contributed by atoms with E-state index in [1.165, 1.54) is 19.1 Å². The lowest BCUT2D eigenvalue weighted by molar-refractivity contribution is -0.145. The molecule has 0 aliphatic carbocycles. The number of rotatable bonds is 3. The van der Waals surface area contributed by atoms with Crippen LogP contribution >= 0.6 is 27.5 Å². The summed E-state index contributed by atoms with van der Waals surface area (Å²) in [7, 11) is 2.82. The second-order valence-electron chi connectivity index (χ2n) is 4.37. The topological polar surface area (TPSA) is 55.8 Å². The number of methoxy groups -OCH3 is 2. The van der Waals surface area contributed by atoms with Crippen LogP contribution < -0.4 is 9.64 Å². The summed E-state index contributed by atoms with van der Waals surface area (Å²) in [5.41, 5.74) is 0.545. The number of esters is 1. The van der Waals surface area contributed by atoms with Crippen LogP contribution in [-0.4, -0.2) is 32.6 Å². The summed E-state index contributed by atoms with van der Waals surface area (Å²) < 4.78 is 10.6. The Morgan fingerprint density at radius 3 is 2.75 bits per heavy atom. The number of amides is 1. The maximum atomic E-state index is 12.1. The van der Waals surface area contributed by atoms with Gasteiger partial charge in [-0.1, -0.05) is 11.6 Å². The molecule has 0 aromatic heterocycles. The number of ether oxygens (including phenoxy) is 2. The number of hydrogen-bond acceptors (Lipinski definition) is 4. The standard InChI is InChI=1S/C13H13BrClNO4/c1-19-12-9(14)4-8(15)5-10(12)16-6-7(3-11(16)17)13(18)20-2/h4-5,7H,3,6H2,1-2H3. The minimum atomic E-state index is -0.463. The maximum Gasteiger partial charge on any atom is 0.311 e. The van der Waals surface area contributed by atoms with Crippen LogP contribution in [0.2, 0.25) is 5.02 Å². The van der Waals surface area contributed by atoms with E-state index >= 15 is 0 Å². The first-order valence-corrected chi connectivity index (χ1v) is 7.06. The van der Waals surface area contributed by atoms with Gasteiger partial charge < -0.3 is 14.4 Å². The SMILES string of the molecule is COC(=O)C1CC(=O)N(c2cc(Cl)cc(Br)c2OC)C1. The lowest BCUT2D eigenvalue weighted by atomic mass is 10.1. The van der Waals surface area contributed by atoms with Gasteiger partial charge in [0.25, 0.3) is 0 Å². The van der Waals surface area contributed by atoms with Gasteiger partial charge in [0.2, 0.25) is 5.91 Å². The molecule has 20 heavy (non-hydrogen) atoms. The van der Waals surface area contributed by atoms with Crippen LogP contribution in [0.3, 0.4) is 0 Å². The molecule has 0 bridgehead atoms. The highest BCUT2D eigenvalue weighted by Gasteiger charge is 2.37. The summed E-state index contributed by atoms with van der Waals surface area (Å²) in [6, 6.07) is 3.32. The van der Waals surface area contributed by atoms with E-state index in [1.54, 1.807) is 12.1 Å². The van der Waals surface area contributed by atoms with Crippen molar-refractivity contribution in [2.24, 2.45) is 5.92 Å². The van der Waals surface area contributed by atoms with Gasteiger partial charge in [0.1, 0.15) is 0 Å². The lowest BCUT2D eigenvalue weighted by Gasteiger charge is -2.20.